The lowest BCUT2D eigenvalue weighted by atomic mass is 9.30. The van der Waals surface area contributed by atoms with Crippen LogP contribution in [0.2, 0.25) is 0 Å². The van der Waals surface area contributed by atoms with Crippen LogP contribution in [0.15, 0.2) is 0 Å². The molecule has 0 radical (unpaired) electrons. The normalized spacial score (nSPS) is 56.9. The van der Waals surface area contributed by atoms with Crippen molar-refractivity contribution >= 4 is 12.1 Å². The third-order valence-corrected chi connectivity index (χ3v) is 13.6. The molecule has 9 unspecified atom stereocenters. The lowest BCUT2D eigenvalue weighted by molar-refractivity contribution is -0.253. The van der Waals surface area contributed by atoms with E-state index in [4.69, 9.17) is 0 Å². The van der Waals surface area contributed by atoms with E-state index in [0.717, 1.165) is 31.6 Å². The Labute approximate surface area is 197 Å². The SMILES string of the molecule is CC1C(=O)CCC2C1(C)CCC1C2(C)CCC2(C)C3CC(C)(C)CCC3(C=O)CCC12C. The van der Waals surface area contributed by atoms with Gasteiger partial charge in [-0.15, -0.1) is 0 Å². The van der Waals surface area contributed by atoms with Crippen molar-refractivity contribution in [3.63, 3.8) is 0 Å². The fraction of sp³-hybridized carbons (Fsp3) is 0.933. The van der Waals surface area contributed by atoms with Gasteiger partial charge in [-0.05, 0) is 109 Å². The summed E-state index contributed by atoms with van der Waals surface area (Å²) in [5.74, 6) is 2.65. The van der Waals surface area contributed by atoms with E-state index in [0.29, 0.717) is 33.9 Å². The summed E-state index contributed by atoms with van der Waals surface area (Å²) < 4.78 is 0. The molecule has 0 amide bonds. The Morgan fingerprint density at radius 3 is 2.03 bits per heavy atom. The van der Waals surface area contributed by atoms with Gasteiger partial charge in [0.05, 0.1) is 0 Å². The van der Waals surface area contributed by atoms with Crippen LogP contribution < -0.4 is 0 Å². The van der Waals surface area contributed by atoms with E-state index in [1.807, 2.05) is 0 Å². The van der Waals surface area contributed by atoms with Gasteiger partial charge in [0.2, 0.25) is 0 Å². The third kappa shape index (κ3) is 2.65. The minimum absolute atomic E-state index is 0.0769. The summed E-state index contributed by atoms with van der Waals surface area (Å²) in [6, 6.07) is 0. The van der Waals surface area contributed by atoms with Crippen LogP contribution in [0, 0.1) is 56.2 Å². The average molecular weight is 441 g/mol. The zero-order chi connectivity index (χ0) is 23.4. The molecule has 0 aromatic carbocycles. The number of aldehydes is 1. The zero-order valence-corrected chi connectivity index (χ0v) is 22.0. The molecule has 5 aliphatic rings. The number of ketones is 1. The first-order valence-corrected chi connectivity index (χ1v) is 13.8. The minimum atomic E-state index is -0.0769. The van der Waals surface area contributed by atoms with Crippen LogP contribution in [-0.2, 0) is 9.59 Å². The number of rotatable bonds is 1. The summed E-state index contributed by atoms with van der Waals surface area (Å²) in [4.78, 5) is 25.4. The highest BCUT2D eigenvalue weighted by molar-refractivity contribution is 5.82. The van der Waals surface area contributed by atoms with Crippen molar-refractivity contribution < 1.29 is 9.59 Å². The van der Waals surface area contributed by atoms with Crippen LogP contribution in [0.1, 0.15) is 119 Å². The van der Waals surface area contributed by atoms with Crippen LogP contribution in [-0.4, -0.2) is 12.1 Å². The van der Waals surface area contributed by atoms with Crippen molar-refractivity contribution in [3.8, 4) is 0 Å². The average Bonchev–Trinajstić information content (AvgIpc) is 2.73. The van der Waals surface area contributed by atoms with Crippen LogP contribution in [0.25, 0.3) is 0 Å². The molecule has 0 spiro atoms. The summed E-state index contributed by atoms with van der Waals surface area (Å²) in [5.41, 5.74) is 1.34. The first-order valence-electron chi connectivity index (χ1n) is 13.8. The van der Waals surface area contributed by atoms with Gasteiger partial charge in [-0.25, -0.2) is 0 Å². The smallest absolute Gasteiger partial charge is 0.136 e. The quantitative estimate of drug-likeness (QED) is 0.393. The van der Waals surface area contributed by atoms with Gasteiger partial charge in [0, 0.05) is 17.8 Å². The molecule has 0 aromatic rings. The van der Waals surface area contributed by atoms with Gasteiger partial charge < -0.3 is 4.79 Å². The Balaban J connectivity index is 1.56. The molecule has 0 N–H and O–H groups in total. The maximum absolute atomic E-state index is 12.7. The van der Waals surface area contributed by atoms with E-state index in [1.165, 1.54) is 51.2 Å². The molecule has 5 saturated carbocycles. The van der Waals surface area contributed by atoms with Crippen LogP contribution in [0.5, 0.6) is 0 Å². The van der Waals surface area contributed by atoms with Crippen LogP contribution in [0.3, 0.4) is 0 Å². The van der Waals surface area contributed by atoms with E-state index in [-0.39, 0.29) is 22.2 Å². The summed E-state index contributed by atoms with van der Waals surface area (Å²) in [7, 11) is 0. The molecule has 0 heterocycles. The molecule has 0 bridgehead atoms. The zero-order valence-electron chi connectivity index (χ0n) is 22.0. The van der Waals surface area contributed by atoms with Crippen molar-refractivity contribution in [1.82, 2.24) is 0 Å². The van der Waals surface area contributed by atoms with Crippen molar-refractivity contribution in [2.24, 2.45) is 56.2 Å². The van der Waals surface area contributed by atoms with Crippen molar-refractivity contribution in [2.75, 3.05) is 0 Å². The molecule has 0 aromatic heterocycles. The van der Waals surface area contributed by atoms with Crippen molar-refractivity contribution in [1.29, 1.82) is 0 Å². The van der Waals surface area contributed by atoms with E-state index < -0.39 is 0 Å². The third-order valence-electron chi connectivity index (χ3n) is 13.6. The summed E-state index contributed by atoms with van der Waals surface area (Å²) in [6.07, 6.45) is 14.2. The fourth-order valence-electron chi connectivity index (χ4n) is 11.1. The number of fused-ring (bicyclic) bond motifs is 7. The van der Waals surface area contributed by atoms with Gasteiger partial charge in [0.15, 0.2) is 0 Å². The Kier molecular flexibility index (Phi) is 4.85. The molecule has 9 atom stereocenters. The molecular weight excluding hydrogens is 392 g/mol. The van der Waals surface area contributed by atoms with E-state index in [9.17, 15) is 9.59 Å². The Morgan fingerprint density at radius 2 is 1.34 bits per heavy atom. The lowest BCUT2D eigenvalue weighted by Crippen LogP contribution is -2.68. The number of carbonyl (C=O) groups excluding carboxylic acids is 2. The van der Waals surface area contributed by atoms with Crippen molar-refractivity contribution in [3.05, 3.63) is 0 Å². The first kappa shape index (κ1) is 23.1. The van der Waals surface area contributed by atoms with Gasteiger partial charge in [-0.2, -0.15) is 0 Å². The molecule has 5 aliphatic carbocycles. The van der Waals surface area contributed by atoms with E-state index in [1.54, 1.807) is 0 Å². The maximum atomic E-state index is 12.7. The van der Waals surface area contributed by atoms with Gasteiger partial charge in [-0.1, -0.05) is 48.5 Å². The van der Waals surface area contributed by atoms with Crippen LogP contribution in [0.4, 0.5) is 0 Å². The number of Topliss-reactive ketones (excluding diaryl/α,β-unsaturated/α-hetero) is 1. The second-order valence-corrected chi connectivity index (χ2v) is 15.0. The molecule has 0 saturated heterocycles. The van der Waals surface area contributed by atoms with E-state index >= 15 is 0 Å². The maximum Gasteiger partial charge on any atom is 0.136 e. The Hall–Kier alpha value is -0.660. The Bertz CT molecular complexity index is 829. The summed E-state index contributed by atoms with van der Waals surface area (Å²) in [5, 5.41) is 0. The highest BCUT2D eigenvalue weighted by Gasteiger charge is 2.71. The van der Waals surface area contributed by atoms with Gasteiger partial charge in [0.25, 0.3) is 0 Å². The summed E-state index contributed by atoms with van der Waals surface area (Å²) >= 11 is 0. The standard InChI is InChI=1S/C30H48O2/c1-20-21(32)8-9-22-26(20,4)11-10-23-27(22,5)13-14-29(7)24-18-25(2,3)12-16-30(24,19-31)17-15-28(23,29)6/h19-20,22-24H,8-18H2,1-7H3. The largest absolute Gasteiger partial charge is 0.303 e. The number of hydrogen-bond donors (Lipinski definition) is 0. The molecule has 32 heavy (non-hydrogen) atoms. The minimum Gasteiger partial charge on any atom is -0.303 e. The van der Waals surface area contributed by atoms with Gasteiger partial charge in [-0.3, -0.25) is 4.79 Å². The predicted molar refractivity (Wildman–Crippen MR) is 130 cm³/mol. The number of hydrogen-bond acceptors (Lipinski definition) is 2. The summed E-state index contributed by atoms with van der Waals surface area (Å²) in [6.45, 7) is 17.4. The molecular formula is C30H48O2. The highest BCUT2D eigenvalue weighted by Crippen LogP contribution is 2.78. The molecule has 2 heteroatoms. The monoisotopic (exact) mass is 440 g/mol. The highest BCUT2D eigenvalue weighted by atomic mass is 16.1. The van der Waals surface area contributed by atoms with E-state index in [2.05, 4.69) is 48.5 Å². The van der Waals surface area contributed by atoms with Gasteiger partial charge in [0.1, 0.15) is 12.1 Å². The predicted octanol–water partition coefficient (Wildman–Crippen LogP) is 7.64. The van der Waals surface area contributed by atoms with Crippen LogP contribution >= 0.6 is 0 Å². The first-order chi connectivity index (χ1) is 14.8. The molecule has 5 rings (SSSR count). The van der Waals surface area contributed by atoms with Crippen molar-refractivity contribution in [2.45, 2.75) is 119 Å². The lowest BCUT2D eigenvalue weighted by Gasteiger charge is -2.74. The second-order valence-electron chi connectivity index (χ2n) is 15.0. The second kappa shape index (κ2) is 6.72. The molecule has 180 valence electrons. The molecule has 5 fully saturated rings. The molecule has 2 nitrogen and oxygen atoms in total. The Morgan fingerprint density at radius 1 is 0.719 bits per heavy atom. The number of carbonyl (C=O) groups is 2. The molecule has 0 aliphatic heterocycles. The topological polar surface area (TPSA) is 34.1 Å². The fourth-order valence-corrected chi connectivity index (χ4v) is 11.1. The van der Waals surface area contributed by atoms with Gasteiger partial charge >= 0.3 is 0 Å².